The topological polar surface area (TPSA) is 57.2 Å². The van der Waals surface area contributed by atoms with Crippen LogP contribution < -0.4 is 9.47 Å². The first kappa shape index (κ1) is 14.1. The van der Waals surface area contributed by atoms with Gasteiger partial charge in [0.15, 0.2) is 17.8 Å². The second-order valence-electron chi connectivity index (χ2n) is 4.74. The number of hydrogen-bond donors (Lipinski definition) is 1. The van der Waals surface area contributed by atoms with Crippen LogP contribution >= 0.6 is 0 Å². The van der Waals surface area contributed by atoms with Crippen molar-refractivity contribution in [3.8, 4) is 11.5 Å². The molecule has 0 fully saturated rings. The Hall–Kier alpha value is -1.30. The fourth-order valence-corrected chi connectivity index (χ4v) is 2.08. The zero-order chi connectivity index (χ0) is 13.9. The van der Waals surface area contributed by atoms with Crippen molar-refractivity contribution in [2.24, 2.45) is 0 Å². The number of benzene rings is 1. The molecule has 0 saturated carbocycles. The molecule has 1 atom stereocenters. The second-order valence-corrected chi connectivity index (χ2v) is 4.74. The summed E-state index contributed by atoms with van der Waals surface area (Å²) in [5.74, 6) is 1.37. The van der Waals surface area contributed by atoms with E-state index in [-0.39, 0.29) is 0 Å². The molecule has 1 aliphatic rings. The highest BCUT2D eigenvalue weighted by Crippen LogP contribution is 2.36. The minimum atomic E-state index is -1.06. The van der Waals surface area contributed by atoms with Crippen LogP contribution in [0.1, 0.15) is 18.9 Å². The first-order chi connectivity index (χ1) is 9.06. The van der Waals surface area contributed by atoms with Crippen molar-refractivity contribution in [1.82, 2.24) is 0 Å². The molecule has 0 saturated heterocycles. The van der Waals surface area contributed by atoms with Crippen molar-refractivity contribution in [3.05, 3.63) is 23.8 Å². The van der Waals surface area contributed by atoms with Crippen LogP contribution in [0.15, 0.2) is 18.2 Å². The number of hydrogen-bond acceptors (Lipinski definition) is 5. The van der Waals surface area contributed by atoms with Gasteiger partial charge in [0.1, 0.15) is 13.2 Å². The summed E-state index contributed by atoms with van der Waals surface area (Å²) in [4.78, 5) is 0. The summed E-state index contributed by atoms with van der Waals surface area (Å²) in [6.45, 7) is 2.80. The second kappa shape index (κ2) is 5.77. The zero-order valence-corrected chi connectivity index (χ0v) is 11.5. The van der Waals surface area contributed by atoms with E-state index in [1.807, 2.05) is 12.1 Å². The van der Waals surface area contributed by atoms with Crippen LogP contribution in [0.4, 0.5) is 0 Å². The molecule has 2 rings (SSSR count). The monoisotopic (exact) mass is 268 g/mol. The van der Waals surface area contributed by atoms with E-state index in [4.69, 9.17) is 18.9 Å². The lowest BCUT2D eigenvalue weighted by Gasteiger charge is -2.29. The van der Waals surface area contributed by atoms with Crippen LogP contribution in [0, 0.1) is 0 Å². The molecule has 1 N–H and O–H groups in total. The van der Waals surface area contributed by atoms with Gasteiger partial charge in [0.05, 0.1) is 5.60 Å². The minimum Gasteiger partial charge on any atom is -0.486 e. The van der Waals surface area contributed by atoms with Gasteiger partial charge in [-0.3, -0.25) is 0 Å². The molecule has 1 aliphatic heterocycles. The summed E-state index contributed by atoms with van der Waals surface area (Å²) >= 11 is 0. The molecule has 19 heavy (non-hydrogen) atoms. The Morgan fingerprint density at radius 1 is 1.21 bits per heavy atom. The summed E-state index contributed by atoms with van der Waals surface area (Å²) in [5.41, 5.74) is -0.317. The Morgan fingerprint density at radius 3 is 2.47 bits per heavy atom. The van der Waals surface area contributed by atoms with Crippen molar-refractivity contribution in [3.63, 3.8) is 0 Å². The molecular weight excluding hydrogens is 248 g/mol. The van der Waals surface area contributed by atoms with Crippen LogP contribution in [-0.4, -0.2) is 38.8 Å². The Balaban J connectivity index is 2.20. The zero-order valence-electron chi connectivity index (χ0n) is 11.5. The van der Waals surface area contributed by atoms with Gasteiger partial charge in [0, 0.05) is 20.6 Å². The Kier molecular flexibility index (Phi) is 4.29. The quantitative estimate of drug-likeness (QED) is 0.823. The third kappa shape index (κ3) is 3.18. The molecule has 1 aromatic rings. The molecule has 5 nitrogen and oxygen atoms in total. The van der Waals surface area contributed by atoms with E-state index < -0.39 is 11.9 Å². The molecular formula is C14H20O5. The number of fused-ring (bicyclic) bond motifs is 1. The maximum Gasteiger partial charge on any atom is 0.161 e. The van der Waals surface area contributed by atoms with Gasteiger partial charge in [0.2, 0.25) is 0 Å². The predicted octanol–water partition coefficient (Wildman–Crippen LogP) is 1.67. The molecule has 1 unspecified atom stereocenters. The number of rotatable bonds is 5. The summed E-state index contributed by atoms with van der Waals surface area (Å²) in [6, 6.07) is 5.44. The van der Waals surface area contributed by atoms with Gasteiger partial charge >= 0.3 is 0 Å². The fourth-order valence-electron chi connectivity index (χ4n) is 2.08. The molecule has 1 heterocycles. The third-order valence-electron chi connectivity index (χ3n) is 3.25. The van der Waals surface area contributed by atoms with Gasteiger partial charge in [-0.2, -0.15) is 0 Å². The number of methoxy groups -OCH3 is 2. The standard InChI is InChI=1S/C14H20O5/c1-14(15,9-13(16-2)17-3)10-4-5-11-12(8-10)19-7-6-18-11/h4-5,8,13,15H,6-7,9H2,1-3H3. The first-order valence-corrected chi connectivity index (χ1v) is 6.25. The fraction of sp³-hybridized carbons (Fsp3) is 0.571. The van der Waals surface area contributed by atoms with Gasteiger partial charge in [-0.05, 0) is 24.6 Å². The predicted molar refractivity (Wildman–Crippen MR) is 69.4 cm³/mol. The molecule has 0 radical (unpaired) electrons. The Labute approximate surface area is 113 Å². The van der Waals surface area contributed by atoms with Crippen molar-refractivity contribution in [2.45, 2.75) is 25.2 Å². The van der Waals surface area contributed by atoms with E-state index in [2.05, 4.69) is 0 Å². The normalized spacial score (nSPS) is 17.3. The maximum atomic E-state index is 10.6. The van der Waals surface area contributed by atoms with Gasteiger partial charge in [0.25, 0.3) is 0 Å². The molecule has 0 spiro atoms. The highest BCUT2D eigenvalue weighted by molar-refractivity contribution is 5.45. The van der Waals surface area contributed by atoms with E-state index in [1.54, 1.807) is 27.2 Å². The summed E-state index contributed by atoms with van der Waals surface area (Å²) in [5, 5.41) is 10.6. The van der Waals surface area contributed by atoms with E-state index >= 15 is 0 Å². The van der Waals surface area contributed by atoms with Gasteiger partial charge in [-0.15, -0.1) is 0 Å². The molecule has 0 amide bonds. The highest BCUT2D eigenvalue weighted by atomic mass is 16.7. The number of ether oxygens (including phenoxy) is 4. The van der Waals surface area contributed by atoms with Gasteiger partial charge in [-0.1, -0.05) is 6.07 Å². The summed E-state index contributed by atoms with van der Waals surface area (Å²) < 4.78 is 21.2. The van der Waals surface area contributed by atoms with Crippen LogP contribution in [0.3, 0.4) is 0 Å². The largest absolute Gasteiger partial charge is 0.486 e. The maximum absolute atomic E-state index is 10.6. The molecule has 1 aromatic carbocycles. The van der Waals surface area contributed by atoms with Crippen LogP contribution in [0.5, 0.6) is 11.5 Å². The molecule has 0 aliphatic carbocycles. The average molecular weight is 268 g/mol. The lowest BCUT2D eigenvalue weighted by Crippen LogP contribution is -2.30. The molecule has 0 bridgehead atoms. The minimum absolute atomic E-state index is 0.333. The van der Waals surface area contributed by atoms with Crippen molar-refractivity contribution in [1.29, 1.82) is 0 Å². The Bertz CT molecular complexity index is 426. The van der Waals surface area contributed by atoms with Gasteiger partial charge in [-0.25, -0.2) is 0 Å². The average Bonchev–Trinajstić information content (AvgIpc) is 2.44. The van der Waals surface area contributed by atoms with E-state index in [0.717, 1.165) is 5.56 Å². The highest BCUT2D eigenvalue weighted by Gasteiger charge is 2.29. The van der Waals surface area contributed by atoms with Crippen molar-refractivity contribution >= 4 is 0 Å². The molecule has 0 aromatic heterocycles. The lowest BCUT2D eigenvalue weighted by molar-refractivity contribution is -0.142. The summed E-state index contributed by atoms with van der Waals surface area (Å²) in [6.07, 6.45) is -0.122. The first-order valence-electron chi connectivity index (χ1n) is 6.25. The van der Waals surface area contributed by atoms with Crippen molar-refractivity contribution < 1.29 is 24.1 Å². The van der Waals surface area contributed by atoms with Crippen molar-refractivity contribution in [2.75, 3.05) is 27.4 Å². The third-order valence-corrected chi connectivity index (χ3v) is 3.25. The smallest absolute Gasteiger partial charge is 0.161 e. The SMILES string of the molecule is COC(CC(C)(O)c1ccc2c(c1)OCCO2)OC. The van der Waals surface area contributed by atoms with Gasteiger partial charge < -0.3 is 24.1 Å². The molecule has 106 valence electrons. The van der Waals surface area contributed by atoms with Crippen LogP contribution in [0.25, 0.3) is 0 Å². The van der Waals surface area contributed by atoms with E-state index in [1.165, 1.54) is 0 Å². The lowest BCUT2D eigenvalue weighted by atomic mass is 9.92. The molecule has 5 heteroatoms. The van der Waals surface area contributed by atoms with E-state index in [0.29, 0.717) is 31.1 Å². The Morgan fingerprint density at radius 2 is 1.84 bits per heavy atom. The van der Waals surface area contributed by atoms with Crippen LogP contribution in [0.2, 0.25) is 0 Å². The van der Waals surface area contributed by atoms with Crippen LogP contribution in [-0.2, 0) is 15.1 Å². The van der Waals surface area contributed by atoms with E-state index in [9.17, 15) is 5.11 Å². The summed E-state index contributed by atoms with van der Waals surface area (Å²) in [7, 11) is 3.10. The number of aliphatic hydroxyl groups is 1.